The SMILES string of the molecule is CCCCOc1ccc(C(=O)N2CC(N3C(=O)CCC3=O)C2)cc1. The lowest BCUT2D eigenvalue weighted by Gasteiger charge is -2.43. The Hall–Kier alpha value is -2.37. The maximum absolute atomic E-state index is 12.4. The van der Waals surface area contributed by atoms with Crippen molar-refractivity contribution >= 4 is 17.7 Å². The molecule has 0 N–H and O–H groups in total. The van der Waals surface area contributed by atoms with Gasteiger partial charge in [0.2, 0.25) is 11.8 Å². The molecule has 0 atom stereocenters. The summed E-state index contributed by atoms with van der Waals surface area (Å²) in [5, 5.41) is 0. The van der Waals surface area contributed by atoms with Crippen LogP contribution in [-0.4, -0.2) is 53.3 Å². The van der Waals surface area contributed by atoms with Crippen molar-refractivity contribution in [2.75, 3.05) is 19.7 Å². The third-order valence-corrected chi connectivity index (χ3v) is 4.47. The van der Waals surface area contributed by atoms with Gasteiger partial charge in [0.1, 0.15) is 5.75 Å². The molecule has 3 rings (SSSR count). The Kier molecular flexibility index (Phi) is 4.83. The quantitative estimate of drug-likeness (QED) is 0.590. The Morgan fingerprint density at radius 1 is 1.12 bits per heavy atom. The predicted molar refractivity (Wildman–Crippen MR) is 87.6 cm³/mol. The van der Waals surface area contributed by atoms with Crippen molar-refractivity contribution in [1.29, 1.82) is 0 Å². The molecule has 0 aromatic heterocycles. The smallest absolute Gasteiger partial charge is 0.254 e. The van der Waals surface area contributed by atoms with E-state index in [0.717, 1.165) is 18.6 Å². The number of unbranched alkanes of at least 4 members (excludes halogenated alkanes) is 1. The molecule has 1 aromatic carbocycles. The molecule has 2 saturated heterocycles. The Bertz CT molecular complexity index is 619. The lowest BCUT2D eigenvalue weighted by atomic mass is 10.0. The van der Waals surface area contributed by atoms with Crippen molar-refractivity contribution in [1.82, 2.24) is 9.80 Å². The molecule has 2 aliphatic rings. The summed E-state index contributed by atoms with van der Waals surface area (Å²) in [6.07, 6.45) is 2.67. The fraction of sp³-hybridized carbons (Fsp3) is 0.500. The van der Waals surface area contributed by atoms with Gasteiger partial charge in [-0.2, -0.15) is 0 Å². The first-order chi connectivity index (χ1) is 11.6. The van der Waals surface area contributed by atoms with Crippen LogP contribution in [0, 0.1) is 0 Å². The van der Waals surface area contributed by atoms with Gasteiger partial charge in [0.25, 0.3) is 5.91 Å². The monoisotopic (exact) mass is 330 g/mol. The lowest BCUT2D eigenvalue weighted by molar-refractivity contribution is -0.144. The fourth-order valence-corrected chi connectivity index (χ4v) is 3.00. The summed E-state index contributed by atoms with van der Waals surface area (Å²) < 4.78 is 5.58. The first kappa shape index (κ1) is 16.5. The van der Waals surface area contributed by atoms with Crippen LogP contribution in [-0.2, 0) is 9.59 Å². The van der Waals surface area contributed by atoms with Crippen LogP contribution < -0.4 is 4.74 Å². The van der Waals surface area contributed by atoms with E-state index in [1.165, 1.54) is 4.90 Å². The minimum Gasteiger partial charge on any atom is -0.494 e. The molecule has 0 aliphatic carbocycles. The zero-order valence-electron chi connectivity index (χ0n) is 13.9. The first-order valence-corrected chi connectivity index (χ1v) is 8.47. The number of nitrogens with zero attached hydrogens (tertiary/aromatic N) is 2. The molecular weight excluding hydrogens is 308 g/mol. The highest BCUT2D eigenvalue weighted by Crippen LogP contribution is 2.24. The van der Waals surface area contributed by atoms with Crippen molar-refractivity contribution in [3.63, 3.8) is 0 Å². The van der Waals surface area contributed by atoms with Crippen LogP contribution in [0.3, 0.4) is 0 Å². The van der Waals surface area contributed by atoms with E-state index < -0.39 is 0 Å². The van der Waals surface area contributed by atoms with Crippen LogP contribution in [0.25, 0.3) is 0 Å². The minimum atomic E-state index is -0.159. The van der Waals surface area contributed by atoms with Gasteiger partial charge in [-0.3, -0.25) is 19.3 Å². The Morgan fingerprint density at radius 2 is 1.75 bits per heavy atom. The summed E-state index contributed by atoms with van der Waals surface area (Å²) in [6, 6.07) is 6.95. The standard InChI is InChI=1S/C18H22N2O4/c1-2-3-10-24-15-6-4-13(5-7-15)18(23)19-11-14(12-19)20-16(21)8-9-17(20)22/h4-7,14H,2-3,8-12H2,1H3. The molecular formula is C18H22N2O4. The number of ether oxygens (including phenoxy) is 1. The average Bonchev–Trinajstić information content (AvgIpc) is 2.87. The summed E-state index contributed by atoms with van der Waals surface area (Å²) >= 11 is 0. The second-order valence-electron chi connectivity index (χ2n) is 6.25. The second kappa shape index (κ2) is 7.03. The summed E-state index contributed by atoms with van der Waals surface area (Å²) in [5.41, 5.74) is 0.593. The van der Waals surface area contributed by atoms with Gasteiger partial charge in [-0.05, 0) is 30.7 Å². The molecule has 2 heterocycles. The number of amides is 3. The molecule has 6 nitrogen and oxygen atoms in total. The molecule has 0 saturated carbocycles. The van der Waals surface area contributed by atoms with Crippen molar-refractivity contribution in [3.05, 3.63) is 29.8 Å². The molecule has 3 amide bonds. The van der Waals surface area contributed by atoms with Gasteiger partial charge in [-0.15, -0.1) is 0 Å². The number of benzene rings is 1. The van der Waals surface area contributed by atoms with Gasteiger partial charge in [0.05, 0.1) is 12.6 Å². The van der Waals surface area contributed by atoms with Crippen molar-refractivity contribution in [3.8, 4) is 5.75 Å². The molecule has 24 heavy (non-hydrogen) atoms. The van der Waals surface area contributed by atoms with Crippen molar-refractivity contribution < 1.29 is 19.1 Å². The van der Waals surface area contributed by atoms with Crippen LogP contribution >= 0.6 is 0 Å². The Labute approximate surface area is 141 Å². The zero-order valence-corrected chi connectivity index (χ0v) is 13.9. The van der Waals surface area contributed by atoms with E-state index in [-0.39, 0.29) is 23.8 Å². The largest absolute Gasteiger partial charge is 0.494 e. The van der Waals surface area contributed by atoms with Crippen molar-refractivity contribution in [2.45, 2.75) is 38.6 Å². The molecule has 2 aliphatic heterocycles. The highest BCUT2D eigenvalue weighted by Gasteiger charge is 2.42. The molecule has 6 heteroatoms. The number of rotatable bonds is 6. The van der Waals surface area contributed by atoms with E-state index in [0.29, 0.717) is 38.1 Å². The van der Waals surface area contributed by atoms with E-state index in [1.807, 2.05) is 0 Å². The number of imide groups is 1. The van der Waals surface area contributed by atoms with Crippen LogP contribution in [0.4, 0.5) is 0 Å². The zero-order chi connectivity index (χ0) is 17.1. The summed E-state index contributed by atoms with van der Waals surface area (Å²) in [7, 11) is 0. The average molecular weight is 330 g/mol. The van der Waals surface area contributed by atoms with Gasteiger partial charge in [-0.1, -0.05) is 13.3 Å². The molecule has 0 unspecified atom stereocenters. The van der Waals surface area contributed by atoms with Gasteiger partial charge >= 0.3 is 0 Å². The summed E-state index contributed by atoms with van der Waals surface area (Å²) in [4.78, 5) is 38.8. The number of carbonyl (C=O) groups excluding carboxylic acids is 3. The van der Waals surface area contributed by atoms with Crippen LogP contribution in [0.15, 0.2) is 24.3 Å². The summed E-state index contributed by atoms with van der Waals surface area (Å²) in [5.74, 6) is 0.441. The number of carbonyl (C=O) groups is 3. The molecule has 0 spiro atoms. The Morgan fingerprint density at radius 3 is 2.33 bits per heavy atom. The highest BCUT2D eigenvalue weighted by atomic mass is 16.5. The summed E-state index contributed by atoms with van der Waals surface area (Å²) in [6.45, 7) is 3.63. The van der Waals surface area contributed by atoms with Crippen molar-refractivity contribution in [2.24, 2.45) is 0 Å². The third kappa shape index (κ3) is 3.27. The number of hydrogen-bond donors (Lipinski definition) is 0. The van der Waals surface area contributed by atoms with E-state index in [2.05, 4.69) is 6.92 Å². The van der Waals surface area contributed by atoms with Gasteiger partial charge < -0.3 is 9.64 Å². The van der Waals surface area contributed by atoms with E-state index in [9.17, 15) is 14.4 Å². The highest BCUT2D eigenvalue weighted by molar-refractivity contribution is 6.03. The van der Waals surface area contributed by atoms with Gasteiger partial charge in [-0.25, -0.2) is 0 Å². The van der Waals surface area contributed by atoms with Crippen LogP contribution in [0.1, 0.15) is 43.0 Å². The number of likely N-dealkylation sites (tertiary alicyclic amines) is 2. The maximum Gasteiger partial charge on any atom is 0.254 e. The molecule has 0 radical (unpaired) electrons. The molecule has 0 bridgehead atoms. The maximum atomic E-state index is 12.4. The molecule has 1 aromatic rings. The minimum absolute atomic E-state index is 0.0783. The van der Waals surface area contributed by atoms with Gasteiger partial charge in [0.15, 0.2) is 0 Å². The topological polar surface area (TPSA) is 66.9 Å². The Balaban J connectivity index is 1.53. The molecule has 128 valence electrons. The van der Waals surface area contributed by atoms with Gasteiger partial charge in [0, 0.05) is 31.5 Å². The van der Waals surface area contributed by atoms with E-state index in [4.69, 9.17) is 4.74 Å². The second-order valence-corrected chi connectivity index (χ2v) is 6.25. The normalized spacial score (nSPS) is 18.0. The van der Waals surface area contributed by atoms with E-state index in [1.54, 1.807) is 29.2 Å². The van der Waals surface area contributed by atoms with Crippen LogP contribution in [0.5, 0.6) is 5.75 Å². The van der Waals surface area contributed by atoms with E-state index >= 15 is 0 Å². The third-order valence-electron chi connectivity index (χ3n) is 4.47. The van der Waals surface area contributed by atoms with Crippen LogP contribution in [0.2, 0.25) is 0 Å². The lowest BCUT2D eigenvalue weighted by Crippen LogP contribution is -2.62. The first-order valence-electron chi connectivity index (χ1n) is 8.47. The fourth-order valence-electron chi connectivity index (χ4n) is 3.00. The molecule has 2 fully saturated rings. The number of hydrogen-bond acceptors (Lipinski definition) is 4. The predicted octanol–water partition coefficient (Wildman–Crippen LogP) is 1.84.